The van der Waals surface area contributed by atoms with E-state index >= 15 is 0 Å². The van der Waals surface area contributed by atoms with Crippen molar-refractivity contribution in [3.63, 3.8) is 0 Å². The lowest BCUT2D eigenvalue weighted by Crippen LogP contribution is -2.19. The minimum atomic E-state index is -4.79. The third-order valence-electron chi connectivity index (χ3n) is 2.03. The van der Waals surface area contributed by atoms with Crippen molar-refractivity contribution >= 4 is 17.5 Å². The summed E-state index contributed by atoms with van der Waals surface area (Å²) in [6.45, 7) is 1.59. The number of ether oxygens (including phenoxy) is 1. The molecule has 0 aliphatic heterocycles. The van der Waals surface area contributed by atoms with Gasteiger partial charge in [-0.15, -0.1) is 24.9 Å². The first-order chi connectivity index (χ1) is 7.87. The van der Waals surface area contributed by atoms with Gasteiger partial charge in [-0.2, -0.15) is 0 Å². The van der Waals surface area contributed by atoms with Gasteiger partial charge in [-0.25, -0.2) is 0 Å². The van der Waals surface area contributed by atoms with E-state index in [0.29, 0.717) is 0 Å². The van der Waals surface area contributed by atoms with Gasteiger partial charge in [0.25, 0.3) is 0 Å². The van der Waals surface area contributed by atoms with Crippen LogP contribution < -0.4 is 4.74 Å². The number of alkyl halides is 3. The highest BCUT2D eigenvalue weighted by Gasteiger charge is 2.32. The van der Waals surface area contributed by atoms with Crippen LogP contribution in [0.1, 0.15) is 23.7 Å². The molecule has 0 radical (unpaired) electrons. The zero-order valence-electron chi connectivity index (χ0n) is 9.30. The molecule has 1 rings (SSSR count). The van der Waals surface area contributed by atoms with E-state index in [1.54, 1.807) is 13.2 Å². The first kappa shape index (κ1) is 13.9. The van der Waals surface area contributed by atoms with Crippen LogP contribution in [0.2, 0.25) is 0 Å². The van der Waals surface area contributed by atoms with Crippen LogP contribution in [0.15, 0.2) is 23.1 Å². The van der Waals surface area contributed by atoms with Gasteiger partial charge in [-0.1, -0.05) is 6.92 Å². The number of hydrogen-bond donors (Lipinski definition) is 0. The predicted molar refractivity (Wildman–Crippen MR) is 59.5 cm³/mol. The van der Waals surface area contributed by atoms with Crippen LogP contribution in [0.4, 0.5) is 13.2 Å². The van der Waals surface area contributed by atoms with Crippen molar-refractivity contribution in [3.8, 4) is 5.75 Å². The van der Waals surface area contributed by atoms with Crippen LogP contribution >= 0.6 is 11.8 Å². The molecule has 2 nitrogen and oxygen atoms in total. The van der Waals surface area contributed by atoms with E-state index in [-0.39, 0.29) is 17.8 Å². The number of ketones is 1. The average molecular weight is 264 g/mol. The number of hydrogen-bond acceptors (Lipinski definition) is 3. The summed E-state index contributed by atoms with van der Waals surface area (Å²) in [5.74, 6) is -0.817. The maximum atomic E-state index is 12.1. The van der Waals surface area contributed by atoms with E-state index in [0.717, 1.165) is 4.90 Å². The van der Waals surface area contributed by atoms with Crippen molar-refractivity contribution in [1.29, 1.82) is 0 Å². The highest BCUT2D eigenvalue weighted by Crippen LogP contribution is 2.30. The van der Waals surface area contributed by atoms with Gasteiger partial charge in [0.15, 0.2) is 5.78 Å². The van der Waals surface area contributed by atoms with Crippen molar-refractivity contribution in [1.82, 2.24) is 0 Å². The number of Topliss-reactive ketones (excluding diaryl/α,β-unsaturated/α-hetero) is 1. The first-order valence-corrected chi connectivity index (χ1v) is 6.07. The van der Waals surface area contributed by atoms with Crippen LogP contribution in [0.5, 0.6) is 5.75 Å². The Bertz CT molecular complexity index is 416. The van der Waals surface area contributed by atoms with Crippen LogP contribution in [0.25, 0.3) is 0 Å². The summed E-state index contributed by atoms with van der Waals surface area (Å²) >= 11 is 1.35. The zero-order valence-corrected chi connectivity index (χ0v) is 10.1. The second-order valence-corrected chi connectivity index (χ2v) is 4.07. The largest absolute Gasteiger partial charge is 0.573 e. The zero-order chi connectivity index (χ0) is 13.1. The summed E-state index contributed by atoms with van der Waals surface area (Å²) in [6, 6.07) is 4.07. The van der Waals surface area contributed by atoms with Gasteiger partial charge in [0, 0.05) is 11.3 Å². The molecule has 0 aliphatic carbocycles. The second kappa shape index (κ2) is 5.44. The van der Waals surface area contributed by atoms with Crippen molar-refractivity contribution < 1.29 is 22.7 Å². The fourth-order valence-corrected chi connectivity index (χ4v) is 1.70. The van der Waals surface area contributed by atoms with Crippen molar-refractivity contribution in [3.05, 3.63) is 23.8 Å². The standard InChI is InChI=1S/C11H11F3O2S/c1-3-9(15)8-6-7(17-2)4-5-10(8)16-11(12,13)14/h4-6H,3H2,1-2H3. The molecular weight excluding hydrogens is 253 g/mol. The number of thioether (sulfide) groups is 1. The SMILES string of the molecule is CCC(=O)c1cc(SC)ccc1OC(F)(F)F. The summed E-state index contributed by atoms with van der Waals surface area (Å²) in [5, 5.41) is 0. The maximum Gasteiger partial charge on any atom is 0.573 e. The number of carbonyl (C=O) groups is 1. The highest BCUT2D eigenvalue weighted by molar-refractivity contribution is 7.98. The monoisotopic (exact) mass is 264 g/mol. The maximum absolute atomic E-state index is 12.1. The summed E-state index contributed by atoms with van der Waals surface area (Å²) in [4.78, 5) is 12.3. The average Bonchev–Trinajstić information content (AvgIpc) is 2.26. The van der Waals surface area contributed by atoms with E-state index in [9.17, 15) is 18.0 Å². The Labute approximate surface area is 101 Å². The molecule has 0 amide bonds. The molecule has 0 saturated heterocycles. The first-order valence-electron chi connectivity index (χ1n) is 4.84. The Balaban J connectivity index is 3.15. The lowest BCUT2D eigenvalue weighted by atomic mass is 10.1. The Morgan fingerprint density at radius 1 is 1.41 bits per heavy atom. The molecule has 0 heterocycles. The van der Waals surface area contributed by atoms with Gasteiger partial charge in [-0.05, 0) is 24.5 Å². The second-order valence-electron chi connectivity index (χ2n) is 3.19. The minimum Gasteiger partial charge on any atom is -0.405 e. The molecule has 17 heavy (non-hydrogen) atoms. The van der Waals surface area contributed by atoms with Crippen LogP contribution in [-0.2, 0) is 0 Å². The van der Waals surface area contributed by atoms with Crippen molar-refractivity contribution in [2.45, 2.75) is 24.6 Å². The molecule has 0 aliphatic rings. The molecule has 0 unspecified atom stereocenters. The molecule has 94 valence electrons. The number of benzene rings is 1. The summed E-state index contributed by atoms with van der Waals surface area (Å²) in [6.07, 6.45) is -2.88. The van der Waals surface area contributed by atoms with Gasteiger partial charge in [0.2, 0.25) is 0 Å². The molecule has 0 saturated carbocycles. The topological polar surface area (TPSA) is 26.3 Å². The Morgan fingerprint density at radius 3 is 2.53 bits per heavy atom. The molecule has 0 fully saturated rings. The molecule has 6 heteroatoms. The summed E-state index contributed by atoms with van der Waals surface area (Å²) in [5.41, 5.74) is -0.0309. The Kier molecular flexibility index (Phi) is 4.45. The normalized spacial score (nSPS) is 11.4. The van der Waals surface area contributed by atoms with Gasteiger partial charge >= 0.3 is 6.36 Å². The lowest BCUT2D eigenvalue weighted by Gasteiger charge is -2.13. The summed E-state index contributed by atoms with van der Waals surface area (Å²) in [7, 11) is 0. The molecule has 1 aromatic carbocycles. The van der Waals surface area contributed by atoms with E-state index in [1.165, 1.54) is 30.0 Å². The third-order valence-corrected chi connectivity index (χ3v) is 2.76. The van der Waals surface area contributed by atoms with Crippen molar-refractivity contribution in [2.75, 3.05) is 6.26 Å². The van der Waals surface area contributed by atoms with Gasteiger partial charge in [0.05, 0.1) is 5.56 Å². The Morgan fingerprint density at radius 2 is 2.06 bits per heavy atom. The van der Waals surface area contributed by atoms with E-state index < -0.39 is 12.1 Å². The number of rotatable bonds is 4. The summed E-state index contributed by atoms with van der Waals surface area (Å²) < 4.78 is 40.2. The molecule has 0 aromatic heterocycles. The molecule has 1 aromatic rings. The molecular formula is C11H11F3O2S. The minimum absolute atomic E-state index is 0.0309. The fourth-order valence-electron chi connectivity index (χ4n) is 1.26. The van der Waals surface area contributed by atoms with Crippen molar-refractivity contribution in [2.24, 2.45) is 0 Å². The van der Waals surface area contributed by atoms with Gasteiger partial charge < -0.3 is 4.74 Å². The van der Waals surface area contributed by atoms with E-state index in [1.807, 2.05) is 0 Å². The predicted octanol–water partition coefficient (Wildman–Crippen LogP) is 3.90. The Hall–Kier alpha value is -1.17. The molecule has 0 spiro atoms. The number of carbonyl (C=O) groups excluding carboxylic acids is 1. The third kappa shape index (κ3) is 3.96. The van der Waals surface area contributed by atoms with Crippen LogP contribution in [0.3, 0.4) is 0 Å². The smallest absolute Gasteiger partial charge is 0.405 e. The fraction of sp³-hybridized carbons (Fsp3) is 0.364. The number of halogens is 3. The van der Waals surface area contributed by atoms with E-state index in [4.69, 9.17) is 0 Å². The lowest BCUT2D eigenvalue weighted by molar-refractivity contribution is -0.274. The molecule has 0 atom stereocenters. The highest BCUT2D eigenvalue weighted by atomic mass is 32.2. The van der Waals surface area contributed by atoms with Gasteiger partial charge in [0.1, 0.15) is 5.75 Å². The van der Waals surface area contributed by atoms with Crippen LogP contribution in [0, 0.1) is 0 Å². The van der Waals surface area contributed by atoms with Gasteiger partial charge in [-0.3, -0.25) is 4.79 Å². The molecule has 0 N–H and O–H groups in total. The quantitative estimate of drug-likeness (QED) is 0.609. The molecule has 0 bridgehead atoms. The van der Waals surface area contributed by atoms with E-state index in [2.05, 4.69) is 4.74 Å². The van der Waals surface area contributed by atoms with Crippen LogP contribution in [-0.4, -0.2) is 18.4 Å².